The van der Waals surface area contributed by atoms with Gasteiger partial charge in [0.2, 0.25) is 5.91 Å². The van der Waals surface area contributed by atoms with Gasteiger partial charge >= 0.3 is 0 Å². The number of carbonyl (C=O) groups is 1. The van der Waals surface area contributed by atoms with Crippen LogP contribution in [0.4, 0.5) is 0 Å². The van der Waals surface area contributed by atoms with E-state index in [1.54, 1.807) is 11.0 Å². The molecule has 1 aliphatic carbocycles. The number of nitrogens with one attached hydrogen (secondary N) is 1. The molecule has 0 spiro atoms. The number of aryl methyl sites for hydroxylation is 1. The molecule has 0 aliphatic heterocycles. The van der Waals surface area contributed by atoms with Crippen LogP contribution in [0.25, 0.3) is 0 Å². The lowest BCUT2D eigenvalue weighted by Crippen LogP contribution is -2.41. The van der Waals surface area contributed by atoms with Gasteiger partial charge in [-0.05, 0) is 25.2 Å². The van der Waals surface area contributed by atoms with Crippen molar-refractivity contribution in [2.45, 2.75) is 70.9 Å². The first-order valence-corrected chi connectivity index (χ1v) is 7.91. The van der Waals surface area contributed by atoms with Crippen LogP contribution in [0.3, 0.4) is 0 Å². The Morgan fingerprint density at radius 3 is 2.85 bits per heavy atom. The fraction of sp³-hybridized carbons (Fsp3) is 0.800. The molecule has 0 radical (unpaired) electrons. The van der Waals surface area contributed by atoms with Crippen molar-refractivity contribution in [2.75, 3.05) is 0 Å². The van der Waals surface area contributed by atoms with Crippen LogP contribution in [-0.4, -0.2) is 26.7 Å². The Hall–Kier alpha value is -1.39. The molecule has 5 nitrogen and oxygen atoms in total. The number of carbonyl (C=O) groups excluding carboxylic acids is 1. The van der Waals surface area contributed by atoms with Gasteiger partial charge in [0.25, 0.3) is 0 Å². The van der Waals surface area contributed by atoms with E-state index in [0.717, 1.165) is 12.8 Å². The van der Waals surface area contributed by atoms with E-state index < -0.39 is 0 Å². The second-order valence-electron chi connectivity index (χ2n) is 5.77. The lowest BCUT2D eigenvalue weighted by atomic mass is 9.82. The standard InChI is InChI=1S/C15H26N4O/c1-2-6-14(13-7-4-3-5-8-13)18-15(20)9-10-19-12-16-11-17-19/h11-14H,2-10H2,1H3,(H,18,20). The van der Waals surface area contributed by atoms with Gasteiger partial charge in [-0.15, -0.1) is 0 Å². The van der Waals surface area contributed by atoms with E-state index >= 15 is 0 Å². The molecule has 1 unspecified atom stereocenters. The Labute approximate surface area is 121 Å². The highest BCUT2D eigenvalue weighted by atomic mass is 16.1. The quantitative estimate of drug-likeness (QED) is 0.833. The number of amides is 1. The summed E-state index contributed by atoms with van der Waals surface area (Å²) in [6, 6.07) is 0.364. The smallest absolute Gasteiger partial charge is 0.222 e. The van der Waals surface area contributed by atoms with Crippen molar-refractivity contribution in [1.29, 1.82) is 0 Å². The number of rotatable bonds is 7. The van der Waals surface area contributed by atoms with Gasteiger partial charge in [-0.3, -0.25) is 9.48 Å². The molecule has 2 rings (SSSR count). The molecule has 1 N–H and O–H groups in total. The van der Waals surface area contributed by atoms with Gasteiger partial charge in [-0.2, -0.15) is 5.10 Å². The van der Waals surface area contributed by atoms with E-state index in [-0.39, 0.29) is 5.91 Å². The monoisotopic (exact) mass is 278 g/mol. The number of hydrogen-bond donors (Lipinski definition) is 1. The maximum absolute atomic E-state index is 12.1. The summed E-state index contributed by atoms with van der Waals surface area (Å²) in [7, 11) is 0. The van der Waals surface area contributed by atoms with Crippen LogP contribution in [0.1, 0.15) is 58.3 Å². The van der Waals surface area contributed by atoms with E-state index in [1.807, 2.05) is 0 Å². The minimum absolute atomic E-state index is 0.143. The van der Waals surface area contributed by atoms with Crippen LogP contribution in [0.2, 0.25) is 0 Å². The van der Waals surface area contributed by atoms with Crippen molar-refractivity contribution < 1.29 is 4.79 Å². The Balaban J connectivity index is 1.78. The molecule has 1 fully saturated rings. The molecule has 20 heavy (non-hydrogen) atoms. The van der Waals surface area contributed by atoms with Crippen molar-refractivity contribution in [1.82, 2.24) is 20.1 Å². The molecular weight excluding hydrogens is 252 g/mol. The van der Waals surface area contributed by atoms with Crippen LogP contribution in [0.5, 0.6) is 0 Å². The fourth-order valence-electron chi connectivity index (χ4n) is 3.12. The first-order valence-electron chi connectivity index (χ1n) is 7.91. The minimum Gasteiger partial charge on any atom is -0.353 e. The van der Waals surface area contributed by atoms with Crippen molar-refractivity contribution in [3.05, 3.63) is 12.7 Å². The summed E-state index contributed by atoms with van der Waals surface area (Å²) in [4.78, 5) is 16.0. The molecule has 1 heterocycles. The predicted molar refractivity (Wildman–Crippen MR) is 78.1 cm³/mol. The van der Waals surface area contributed by atoms with Crippen LogP contribution in [0.15, 0.2) is 12.7 Å². The molecule has 1 aromatic rings. The third kappa shape index (κ3) is 4.62. The summed E-state index contributed by atoms with van der Waals surface area (Å²) in [5, 5.41) is 7.27. The number of nitrogens with zero attached hydrogens (tertiary/aromatic N) is 3. The first-order chi connectivity index (χ1) is 9.79. The molecule has 5 heteroatoms. The fourth-order valence-corrected chi connectivity index (χ4v) is 3.12. The SMILES string of the molecule is CCCC(NC(=O)CCn1cncn1)C1CCCCC1. The Morgan fingerprint density at radius 1 is 1.40 bits per heavy atom. The van der Waals surface area contributed by atoms with Crippen molar-refractivity contribution in [3.8, 4) is 0 Å². The molecular formula is C15H26N4O. The van der Waals surface area contributed by atoms with Crippen LogP contribution < -0.4 is 5.32 Å². The second-order valence-corrected chi connectivity index (χ2v) is 5.77. The second kappa shape index (κ2) is 8.02. The van der Waals surface area contributed by atoms with E-state index in [2.05, 4.69) is 22.3 Å². The molecule has 112 valence electrons. The van der Waals surface area contributed by atoms with Gasteiger partial charge in [-0.1, -0.05) is 32.6 Å². The zero-order valence-electron chi connectivity index (χ0n) is 12.4. The molecule has 1 saturated carbocycles. The van der Waals surface area contributed by atoms with Gasteiger partial charge in [0.05, 0.1) is 6.54 Å². The van der Waals surface area contributed by atoms with Gasteiger partial charge in [0, 0.05) is 12.5 Å². The third-order valence-corrected chi connectivity index (χ3v) is 4.20. The summed E-state index contributed by atoms with van der Waals surface area (Å²) in [6.07, 6.45) is 12.4. The maximum atomic E-state index is 12.1. The normalized spacial score (nSPS) is 17.9. The van der Waals surface area contributed by atoms with Crippen molar-refractivity contribution in [2.24, 2.45) is 5.92 Å². The zero-order chi connectivity index (χ0) is 14.2. The highest BCUT2D eigenvalue weighted by Gasteiger charge is 2.24. The summed E-state index contributed by atoms with van der Waals surface area (Å²) in [6.45, 7) is 2.80. The predicted octanol–water partition coefficient (Wildman–Crippen LogP) is 2.53. The van der Waals surface area contributed by atoms with E-state index in [4.69, 9.17) is 0 Å². The van der Waals surface area contributed by atoms with E-state index in [9.17, 15) is 4.79 Å². The first kappa shape index (κ1) is 15.0. The largest absolute Gasteiger partial charge is 0.353 e. The van der Waals surface area contributed by atoms with Crippen molar-refractivity contribution >= 4 is 5.91 Å². The number of hydrogen-bond acceptors (Lipinski definition) is 3. The Kier molecular flexibility index (Phi) is 6.02. The topological polar surface area (TPSA) is 59.8 Å². The average molecular weight is 278 g/mol. The molecule has 1 aromatic heterocycles. The summed E-state index contributed by atoms with van der Waals surface area (Å²) < 4.78 is 1.70. The zero-order valence-corrected chi connectivity index (χ0v) is 12.4. The summed E-state index contributed by atoms with van der Waals surface area (Å²) in [5.74, 6) is 0.823. The van der Waals surface area contributed by atoms with Crippen LogP contribution >= 0.6 is 0 Å². The highest BCUT2D eigenvalue weighted by Crippen LogP contribution is 2.28. The number of aromatic nitrogens is 3. The van der Waals surface area contributed by atoms with Gasteiger partial charge in [0.15, 0.2) is 0 Å². The summed E-state index contributed by atoms with van der Waals surface area (Å²) >= 11 is 0. The molecule has 0 saturated heterocycles. The molecule has 1 atom stereocenters. The van der Waals surface area contributed by atoms with Gasteiger partial charge in [-0.25, -0.2) is 4.98 Å². The lowest BCUT2D eigenvalue weighted by Gasteiger charge is -2.31. The van der Waals surface area contributed by atoms with E-state index in [1.165, 1.54) is 38.4 Å². The van der Waals surface area contributed by atoms with Crippen molar-refractivity contribution in [3.63, 3.8) is 0 Å². The Bertz CT molecular complexity index is 385. The van der Waals surface area contributed by atoms with Gasteiger partial charge in [0.1, 0.15) is 12.7 Å². The molecule has 1 amide bonds. The molecule has 0 bridgehead atoms. The molecule has 1 aliphatic rings. The third-order valence-electron chi connectivity index (χ3n) is 4.20. The van der Waals surface area contributed by atoms with Crippen LogP contribution in [-0.2, 0) is 11.3 Å². The minimum atomic E-state index is 0.143. The highest BCUT2D eigenvalue weighted by molar-refractivity contribution is 5.76. The molecule has 0 aromatic carbocycles. The summed E-state index contributed by atoms with van der Waals surface area (Å²) in [5.41, 5.74) is 0. The van der Waals surface area contributed by atoms with Gasteiger partial charge < -0.3 is 5.32 Å². The Morgan fingerprint density at radius 2 is 2.20 bits per heavy atom. The average Bonchev–Trinajstić information content (AvgIpc) is 2.99. The van der Waals surface area contributed by atoms with Crippen LogP contribution in [0, 0.1) is 5.92 Å². The van der Waals surface area contributed by atoms with E-state index in [0.29, 0.717) is 24.9 Å². The lowest BCUT2D eigenvalue weighted by molar-refractivity contribution is -0.122. The maximum Gasteiger partial charge on any atom is 0.222 e.